The second-order valence-corrected chi connectivity index (χ2v) is 6.90. The Kier molecular flexibility index (Phi) is 4.40. The van der Waals surface area contributed by atoms with Gasteiger partial charge in [-0.1, -0.05) is 30.3 Å². The lowest BCUT2D eigenvalue weighted by Gasteiger charge is -2.06. The SMILES string of the molecule is COc1ccc2cc(-c3ccc(OCc4ccccc4)cc3)sc2c1. The molecule has 1 aromatic heterocycles. The molecular weight excluding hydrogens is 328 g/mol. The van der Waals surface area contributed by atoms with Crippen molar-refractivity contribution in [2.45, 2.75) is 6.61 Å². The molecule has 0 radical (unpaired) electrons. The molecule has 0 aliphatic rings. The predicted molar refractivity (Wildman–Crippen MR) is 105 cm³/mol. The van der Waals surface area contributed by atoms with Gasteiger partial charge < -0.3 is 9.47 Å². The Morgan fingerprint density at radius 2 is 1.56 bits per heavy atom. The maximum absolute atomic E-state index is 5.86. The molecule has 0 atom stereocenters. The molecule has 0 aliphatic carbocycles. The van der Waals surface area contributed by atoms with Crippen molar-refractivity contribution < 1.29 is 9.47 Å². The molecule has 0 bridgehead atoms. The average molecular weight is 346 g/mol. The Hall–Kier alpha value is -2.78. The van der Waals surface area contributed by atoms with Crippen molar-refractivity contribution >= 4 is 21.4 Å². The molecule has 25 heavy (non-hydrogen) atoms. The number of fused-ring (bicyclic) bond motifs is 1. The smallest absolute Gasteiger partial charge is 0.120 e. The molecule has 0 saturated heterocycles. The van der Waals surface area contributed by atoms with Gasteiger partial charge in [-0.2, -0.15) is 0 Å². The van der Waals surface area contributed by atoms with Crippen LogP contribution in [0.3, 0.4) is 0 Å². The zero-order valence-electron chi connectivity index (χ0n) is 13.9. The van der Waals surface area contributed by atoms with E-state index in [1.165, 1.54) is 26.1 Å². The van der Waals surface area contributed by atoms with Crippen LogP contribution in [0.4, 0.5) is 0 Å². The maximum Gasteiger partial charge on any atom is 0.120 e. The first-order valence-electron chi connectivity index (χ1n) is 8.16. The number of ether oxygens (including phenoxy) is 2. The average Bonchev–Trinajstić information content (AvgIpc) is 3.10. The summed E-state index contributed by atoms with van der Waals surface area (Å²) in [7, 11) is 1.70. The van der Waals surface area contributed by atoms with Gasteiger partial charge in [-0.25, -0.2) is 0 Å². The van der Waals surface area contributed by atoms with E-state index in [9.17, 15) is 0 Å². The number of benzene rings is 3. The highest BCUT2D eigenvalue weighted by Gasteiger charge is 2.06. The Labute approximate surface area is 151 Å². The zero-order valence-corrected chi connectivity index (χ0v) is 14.8. The molecule has 124 valence electrons. The second-order valence-electron chi connectivity index (χ2n) is 5.81. The fourth-order valence-electron chi connectivity index (χ4n) is 2.74. The van der Waals surface area contributed by atoms with Gasteiger partial charge in [-0.15, -0.1) is 11.3 Å². The van der Waals surface area contributed by atoms with Gasteiger partial charge >= 0.3 is 0 Å². The van der Waals surface area contributed by atoms with E-state index >= 15 is 0 Å². The molecule has 0 unspecified atom stereocenters. The third-order valence-electron chi connectivity index (χ3n) is 4.11. The summed E-state index contributed by atoms with van der Waals surface area (Å²) in [4.78, 5) is 1.25. The van der Waals surface area contributed by atoms with Crippen molar-refractivity contribution in [1.82, 2.24) is 0 Å². The summed E-state index contributed by atoms with van der Waals surface area (Å²) in [6, 6.07) is 26.9. The van der Waals surface area contributed by atoms with E-state index in [2.05, 4.69) is 42.5 Å². The topological polar surface area (TPSA) is 18.5 Å². The minimum absolute atomic E-state index is 0.586. The van der Waals surface area contributed by atoms with Crippen LogP contribution in [0.25, 0.3) is 20.5 Å². The zero-order chi connectivity index (χ0) is 17.1. The number of hydrogen-bond acceptors (Lipinski definition) is 3. The first kappa shape index (κ1) is 15.7. The summed E-state index contributed by atoms with van der Waals surface area (Å²) >= 11 is 1.78. The van der Waals surface area contributed by atoms with Crippen molar-refractivity contribution in [3.8, 4) is 21.9 Å². The predicted octanol–water partition coefficient (Wildman–Crippen LogP) is 6.16. The summed E-state index contributed by atoms with van der Waals surface area (Å²) in [6.45, 7) is 0.586. The van der Waals surface area contributed by atoms with Crippen LogP contribution in [0.5, 0.6) is 11.5 Å². The largest absolute Gasteiger partial charge is 0.497 e. The van der Waals surface area contributed by atoms with Gasteiger partial charge in [0, 0.05) is 9.58 Å². The Morgan fingerprint density at radius 3 is 2.32 bits per heavy atom. The van der Waals surface area contributed by atoms with Gasteiger partial charge in [-0.3, -0.25) is 0 Å². The molecule has 0 amide bonds. The van der Waals surface area contributed by atoms with Crippen LogP contribution in [0.1, 0.15) is 5.56 Å². The third kappa shape index (κ3) is 3.52. The first-order valence-corrected chi connectivity index (χ1v) is 8.98. The van der Waals surface area contributed by atoms with E-state index in [0.717, 1.165) is 11.5 Å². The summed E-state index contributed by atoms with van der Waals surface area (Å²) in [6.07, 6.45) is 0. The van der Waals surface area contributed by atoms with E-state index in [-0.39, 0.29) is 0 Å². The van der Waals surface area contributed by atoms with Crippen molar-refractivity contribution in [3.63, 3.8) is 0 Å². The number of thiophene rings is 1. The van der Waals surface area contributed by atoms with Crippen LogP contribution >= 0.6 is 11.3 Å². The van der Waals surface area contributed by atoms with Gasteiger partial charge in [0.1, 0.15) is 18.1 Å². The lowest BCUT2D eigenvalue weighted by molar-refractivity contribution is 0.306. The molecular formula is C22H18O2S. The molecule has 0 aliphatic heterocycles. The normalized spacial score (nSPS) is 10.8. The molecule has 0 spiro atoms. The van der Waals surface area contributed by atoms with Crippen LogP contribution < -0.4 is 9.47 Å². The standard InChI is InChI=1S/C22H18O2S/c1-23-20-12-9-18-13-21(25-22(18)14-20)17-7-10-19(11-8-17)24-15-16-5-3-2-4-6-16/h2-14H,15H2,1H3. The van der Waals surface area contributed by atoms with Crippen molar-refractivity contribution in [2.24, 2.45) is 0 Å². The highest BCUT2D eigenvalue weighted by Crippen LogP contribution is 2.35. The minimum Gasteiger partial charge on any atom is -0.497 e. The minimum atomic E-state index is 0.586. The lowest BCUT2D eigenvalue weighted by atomic mass is 10.1. The first-order chi connectivity index (χ1) is 12.3. The molecule has 0 saturated carbocycles. The number of rotatable bonds is 5. The monoisotopic (exact) mass is 346 g/mol. The number of methoxy groups -OCH3 is 1. The van der Waals surface area contributed by atoms with Gasteiger partial charge in [0.25, 0.3) is 0 Å². The Balaban J connectivity index is 1.51. The number of hydrogen-bond donors (Lipinski definition) is 0. The summed E-state index contributed by atoms with van der Waals surface area (Å²) < 4.78 is 12.4. The quantitative estimate of drug-likeness (QED) is 0.431. The van der Waals surface area contributed by atoms with Gasteiger partial charge in [-0.05, 0) is 65.0 Å². The molecule has 0 N–H and O–H groups in total. The summed E-state index contributed by atoms with van der Waals surface area (Å²) in [5, 5.41) is 1.24. The van der Waals surface area contributed by atoms with Crippen LogP contribution in [0.2, 0.25) is 0 Å². The fourth-order valence-corrected chi connectivity index (χ4v) is 3.83. The Bertz CT molecular complexity index is 972. The van der Waals surface area contributed by atoms with Gasteiger partial charge in [0.05, 0.1) is 7.11 Å². The highest BCUT2D eigenvalue weighted by atomic mass is 32.1. The second kappa shape index (κ2) is 6.99. The van der Waals surface area contributed by atoms with Crippen molar-refractivity contribution in [1.29, 1.82) is 0 Å². The van der Waals surface area contributed by atoms with Crippen molar-refractivity contribution in [2.75, 3.05) is 7.11 Å². The lowest BCUT2D eigenvalue weighted by Crippen LogP contribution is -1.94. The molecule has 3 heteroatoms. The Morgan fingerprint density at radius 1 is 0.800 bits per heavy atom. The van der Waals surface area contributed by atoms with E-state index in [1.807, 2.05) is 36.4 Å². The molecule has 3 aromatic carbocycles. The van der Waals surface area contributed by atoms with Crippen LogP contribution in [0.15, 0.2) is 78.9 Å². The molecule has 0 fully saturated rings. The van der Waals surface area contributed by atoms with E-state index in [1.54, 1.807) is 18.4 Å². The van der Waals surface area contributed by atoms with E-state index in [4.69, 9.17) is 9.47 Å². The molecule has 4 aromatic rings. The third-order valence-corrected chi connectivity index (χ3v) is 5.26. The van der Waals surface area contributed by atoms with Crippen molar-refractivity contribution in [3.05, 3.63) is 84.4 Å². The fraction of sp³-hybridized carbons (Fsp3) is 0.0909. The summed E-state index contributed by atoms with van der Waals surface area (Å²) in [5.41, 5.74) is 2.37. The summed E-state index contributed by atoms with van der Waals surface area (Å²) in [5.74, 6) is 1.78. The van der Waals surface area contributed by atoms with Crippen LogP contribution in [-0.2, 0) is 6.61 Å². The molecule has 2 nitrogen and oxygen atoms in total. The molecule has 4 rings (SSSR count). The van der Waals surface area contributed by atoms with Crippen LogP contribution in [0, 0.1) is 0 Å². The van der Waals surface area contributed by atoms with Crippen LogP contribution in [-0.4, -0.2) is 7.11 Å². The maximum atomic E-state index is 5.86. The highest BCUT2D eigenvalue weighted by molar-refractivity contribution is 7.22. The van der Waals surface area contributed by atoms with E-state index in [0.29, 0.717) is 6.61 Å². The molecule has 1 heterocycles. The van der Waals surface area contributed by atoms with Gasteiger partial charge in [0.15, 0.2) is 0 Å². The van der Waals surface area contributed by atoms with E-state index < -0.39 is 0 Å². The van der Waals surface area contributed by atoms with Gasteiger partial charge in [0.2, 0.25) is 0 Å².